The Kier molecular flexibility index (Phi) is 7.61. The summed E-state index contributed by atoms with van der Waals surface area (Å²) in [5, 5.41) is 8.63. The molecule has 4 nitrogen and oxygen atoms in total. The van der Waals surface area contributed by atoms with Gasteiger partial charge < -0.3 is 14.6 Å². The van der Waals surface area contributed by atoms with Crippen molar-refractivity contribution in [2.45, 2.75) is 19.8 Å². The number of ether oxygens (including phenoxy) is 2. The van der Waals surface area contributed by atoms with E-state index >= 15 is 0 Å². The second-order valence-corrected chi connectivity index (χ2v) is 3.65. The van der Waals surface area contributed by atoms with Gasteiger partial charge in [-0.25, -0.2) is 0 Å². The molecule has 98 valence electrons. The number of aliphatic hydroxyl groups excluding tert-OH is 1. The van der Waals surface area contributed by atoms with Gasteiger partial charge in [-0.2, -0.15) is 0 Å². The van der Waals surface area contributed by atoms with E-state index < -0.39 is 0 Å². The summed E-state index contributed by atoms with van der Waals surface area (Å²) in [5.41, 5.74) is 0.787. The Morgan fingerprint density at radius 2 is 2.17 bits per heavy atom. The summed E-state index contributed by atoms with van der Waals surface area (Å²) >= 11 is 0. The Balaban J connectivity index is 2.38. The second kappa shape index (κ2) is 9.46. The van der Waals surface area contributed by atoms with E-state index in [1.165, 1.54) is 0 Å². The van der Waals surface area contributed by atoms with E-state index in [2.05, 4.69) is 23.7 Å². The fourth-order valence-electron chi connectivity index (χ4n) is 1.25. The molecule has 0 radical (unpaired) electrons. The first-order chi connectivity index (χ1) is 8.86. The average Bonchev–Trinajstić information content (AvgIpc) is 2.39. The van der Waals surface area contributed by atoms with Crippen LogP contribution in [0.3, 0.4) is 0 Å². The summed E-state index contributed by atoms with van der Waals surface area (Å²) in [6.07, 6.45) is 4.80. The first-order valence-corrected chi connectivity index (χ1v) is 6.12. The summed E-state index contributed by atoms with van der Waals surface area (Å²) in [4.78, 5) is 4.05. The summed E-state index contributed by atoms with van der Waals surface area (Å²) in [5.74, 6) is 6.44. The van der Waals surface area contributed by atoms with Crippen molar-refractivity contribution in [2.24, 2.45) is 0 Å². The largest absolute Gasteiger partial charge is 0.490 e. The molecule has 1 N–H and O–H groups in total. The topological polar surface area (TPSA) is 51.6 Å². The fraction of sp³-hybridized carbons (Fsp3) is 0.500. The standard InChI is InChI=1S/C14H19NO3/c1-2-7-17-8-9-18-14-10-13(11-15-12-14)5-3-4-6-16/h10-12,16H,2,4,6-9H2,1H3. The van der Waals surface area contributed by atoms with Gasteiger partial charge in [-0.15, -0.1) is 0 Å². The van der Waals surface area contributed by atoms with Gasteiger partial charge in [-0.3, -0.25) is 4.98 Å². The maximum atomic E-state index is 8.63. The highest BCUT2D eigenvalue weighted by molar-refractivity contribution is 5.36. The molecule has 0 saturated heterocycles. The summed E-state index contributed by atoms with van der Waals surface area (Å²) in [7, 11) is 0. The minimum Gasteiger partial charge on any atom is -0.490 e. The van der Waals surface area contributed by atoms with Crippen molar-refractivity contribution < 1.29 is 14.6 Å². The van der Waals surface area contributed by atoms with Gasteiger partial charge in [0.1, 0.15) is 12.4 Å². The van der Waals surface area contributed by atoms with Gasteiger partial charge in [-0.1, -0.05) is 18.8 Å². The average molecular weight is 249 g/mol. The van der Waals surface area contributed by atoms with Crippen LogP contribution in [-0.4, -0.2) is 36.5 Å². The van der Waals surface area contributed by atoms with E-state index in [9.17, 15) is 0 Å². The van der Waals surface area contributed by atoms with Gasteiger partial charge in [0.05, 0.1) is 19.4 Å². The van der Waals surface area contributed by atoms with Crippen molar-refractivity contribution in [2.75, 3.05) is 26.4 Å². The van der Waals surface area contributed by atoms with Crippen LogP contribution >= 0.6 is 0 Å². The molecule has 0 aliphatic heterocycles. The Morgan fingerprint density at radius 3 is 2.94 bits per heavy atom. The molecule has 1 heterocycles. The summed E-state index contributed by atoms with van der Waals surface area (Å²) < 4.78 is 10.8. The number of rotatable bonds is 7. The van der Waals surface area contributed by atoms with Gasteiger partial charge in [0, 0.05) is 24.8 Å². The van der Waals surface area contributed by atoms with Crippen molar-refractivity contribution in [3.05, 3.63) is 24.0 Å². The van der Waals surface area contributed by atoms with Gasteiger partial charge >= 0.3 is 0 Å². The molecule has 1 rings (SSSR count). The lowest BCUT2D eigenvalue weighted by atomic mass is 10.2. The molecule has 0 bridgehead atoms. The highest BCUT2D eigenvalue weighted by Gasteiger charge is 1.96. The third kappa shape index (κ3) is 6.24. The third-order valence-electron chi connectivity index (χ3n) is 2.03. The molecule has 4 heteroatoms. The summed E-state index contributed by atoms with van der Waals surface area (Å²) in [6, 6.07) is 1.83. The molecule has 1 aromatic heterocycles. The number of nitrogens with zero attached hydrogens (tertiary/aromatic N) is 1. The van der Waals surface area contributed by atoms with Crippen molar-refractivity contribution >= 4 is 0 Å². The molecule has 0 unspecified atom stereocenters. The van der Waals surface area contributed by atoms with E-state index in [4.69, 9.17) is 14.6 Å². The molecule has 0 aliphatic carbocycles. The van der Waals surface area contributed by atoms with Crippen LogP contribution in [0.1, 0.15) is 25.3 Å². The van der Waals surface area contributed by atoms with E-state index in [1.807, 2.05) is 6.07 Å². The maximum absolute atomic E-state index is 8.63. The molecule has 0 atom stereocenters. The molecular weight excluding hydrogens is 230 g/mol. The van der Waals surface area contributed by atoms with E-state index in [0.29, 0.717) is 25.4 Å². The zero-order valence-corrected chi connectivity index (χ0v) is 10.7. The molecule has 0 spiro atoms. The number of pyridine rings is 1. The minimum absolute atomic E-state index is 0.0748. The molecule has 0 fully saturated rings. The van der Waals surface area contributed by atoms with Crippen LogP contribution in [0.2, 0.25) is 0 Å². The van der Waals surface area contributed by atoms with Gasteiger partial charge in [0.25, 0.3) is 0 Å². The van der Waals surface area contributed by atoms with Gasteiger partial charge in [0.2, 0.25) is 0 Å². The molecule has 0 saturated carbocycles. The predicted molar refractivity (Wildman–Crippen MR) is 69.4 cm³/mol. The first-order valence-electron chi connectivity index (χ1n) is 6.12. The van der Waals surface area contributed by atoms with E-state index in [-0.39, 0.29) is 6.61 Å². The first kappa shape index (κ1) is 14.5. The van der Waals surface area contributed by atoms with E-state index in [1.54, 1.807) is 12.4 Å². The zero-order valence-electron chi connectivity index (χ0n) is 10.7. The number of hydrogen-bond donors (Lipinski definition) is 1. The Labute approximate surface area is 108 Å². The van der Waals surface area contributed by atoms with Crippen LogP contribution in [0, 0.1) is 11.8 Å². The molecule has 0 aromatic carbocycles. The molecule has 0 aliphatic rings. The lowest BCUT2D eigenvalue weighted by Gasteiger charge is -2.06. The second-order valence-electron chi connectivity index (χ2n) is 3.65. The highest BCUT2D eigenvalue weighted by atomic mass is 16.5. The highest BCUT2D eigenvalue weighted by Crippen LogP contribution is 2.10. The van der Waals surface area contributed by atoms with Crippen molar-refractivity contribution in [3.63, 3.8) is 0 Å². The third-order valence-corrected chi connectivity index (χ3v) is 2.03. The quantitative estimate of drug-likeness (QED) is 0.589. The number of aliphatic hydroxyl groups is 1. The van der Waals surface area contributed by atoms with Gasteiger partial charge in [0.15, 0.2) is 0 Å². The van der Waals surface area contributed by atoms with Gasteiger partial charge in [-0.05, 0) is 12.5 Å². The Hall–Kier alpha value is -1.57. The van der Waals surface area contributed by atoms with E-state index in [0.717, 1.165) is 18.6 Å². The minimum atomic E-state index is 0.0748. The Morgan fingerprint density at radius 1 is 1.28 bits per heavy atom. The molecule has 18 heavy (non-hydrogen) atoms. The van der Waals surface area contributed by atoms with Crippen LogP contribution in [0.4, 0.5) is 0 Å². The molecule has 0 amide bonds. The normalized spacial score (nSPS) is 9.67. The van der Waals surface area contributed by atoms with Crippen molar-refractivity contribution in [1.29, 1.82) is 0 Å². The zero-order chi connectivity index (χ0) is 13.1. The predicted octanol–water partition coefficient (Wildman–Crippen LogP) is 1.62. The van der Waals surface area contributed by atoms with Crippen LogP contribution in [0.5, 0.6) is 5.75 Å². The monoisotopic (exact) mass is 249 g/mol. The lowest BCUT2D eigenvalue weighted by Crippen LogP contribution is -2.07. The van der Waals surface area contributed by atoms with Crippen LogP contribution < -0.4 is 4.74 Å². The summed E-state index contributed by atoms with van der Waals surface area (Å²) in [6.45, 7) is 3.99. The SMILES string of the molecule is CCCOCCOc1cncc(C#CCCO)c1. The van der Waals surface area contributed by atoms with Crippen LogP contribution in [-0.2, 0) is 4.74 Å². The number of hydrogen-bond acceptors (Lipinski definition) is 4. The maximum Gasteiger partial charge on any atom is 0.138 e. The van der Waals surface area contributed by atoms with Crippen LogP contribution in [0.25, 0.3) is 0 Å². The van der Waals surface area contributed by atoms with Crippen molar-refractivity contribution in [3.8, 4) is 17.6 Å². The lowest BCUT2D eigenvalue weighted by molar-refractivity contribution is 0.100. The number of aromatic nitrogens is 1. The Bertz CT molecular complexity index is 396. The molecular formula is C14H19NO3. The molecule has 1 aromatic rings. The fourth-order valence-corrected chi connectivity index (χ4v) is 1.25. The smallest absolute Gasteiger partial charge is 0.138 e. The van der Waals surface area contributed by atoms with Crippen molar-refractivity contribution in [1.82, 2.24) is 4.98 Å². The van der Waals surface area contributed by atoms with Crippen LogP contribution in [0.15, 0.2) is 18.5 Å².